The van der Waals surface area contributed by atoms with E-state index in [1.165, 1.54) is 0 Å². The predicted octanol–water partition coefficient (Wildman–Crippen LogP) is 3.38. The zero-order valence-electron chi connectivity index (χ0n) is 17.2. The summed E-state index contributed by atoms with van der Waals surface area (Å²) in [4.78, 5) is 22.4. The van der Waals surface area contributed by atoms with Crippen LogP contribution in [0.25, 0.3) is 22.2 Å². The number of ether oxygens (including phenoxy) is 2. The minimum absolute atomic E-state index is 0.0434. The van der Waals surface area contributed by atoms with Crippen LogP contribution in [0.5, 0.6) is 11.5 Å². The highest BCUT2D eigenvalue weighted by atomic mass is 16.5. The molecule has 2 heterocycles. The van der Waals surface area contributed by atoms with Crippen molar-refractivity contribution in [1.29, 1.82) is 0 Å². The van der Waals surface area contributed by atoms with E-state index >= 15 is 0 Å². The van der Waals surface area contributed by atoms with E-state index in [4.69, 9.17) is 9.47 Å². The van der Waals surface area contributed by atoms with Crippen LogP contribution in [0, 0.1) is 11.8 Å². The number of nitrogens with zero attached hydrogens (tertiary/aromatic N) is 2. The molecule has 1 aliphatic carbocycles. The first-order valence-electron chi connectivity index (χ1n) is 9.67. The Balaban J connectivity index is 1.59. The van der Waals surface area contributed by atoms with Crippen molar-refractivity contribution in [2.45, 2.75) is 6.42 Å². The molecule has 0 spiro atoms. The Morgan fingerprint density at radius 1 is 1.21 bits per heavy atom. The number of anilines is 1. The molecule has 0 saturated heterocycles. The second-order valence-corrected chi connectivity index (χ2v) is 7.69. The number of aromatic nitrogens is 2. The largest absolute Gasteiger partial charge is 0.496 e. The first-order chi connectivity index (χ1) is 14.0. The van der Waals surface area contributed by atoms with Crippen molar-refractivity contribution in [1.82, 2.24) is 14.9 Å². The van der Waals surface area contributed by atoms with E-state index in [2.05, 4.69) is 20.2 Å². The molecule has 1 saturated carbocycles. The van der Waals surface area contributed by atoms with Crippen LogP contribution in [0.15, 0.2) is 36.5 Å². The maximum Gasteiger partial charge on any atom is 0.228 e. The fourth-order valence-electron chi connectivity index (χ4n) is 3.86. The van der Waals surface area contributed by atoms with Crippen LogP contribution in [0.3, 0.4) is 0 Å². The second-order valence-electron chi connectivity index (χ2n) is 7.69. The summed E-state index contributed by atoms with van der Waals surface area (Å²) in [5.41, 5.74) is 2.51. The monoisotopic (exact) mass is 394 g/mol. The third kappa shape index (κ3) is 3.78. The van der Waals surface area contributed by atoms with Gasteiger partial charge in [0.25, 0.3) is 0 Å². The summed E-state index contributed by atoms with van der Waals surface area (Å²) in [6.45, 7) is 0.936. The van der Waals surface area contributed by atoms with Crippen molar-refractivity contribution in [2.24, 2.45) is 11.8 Å². The third-order valence-corrected chi connectivity index (χ3v) is 5.35. The molecule has 2 aromatic heterocycles. The highest BCUT2D eigenvalue weighted by Gasteiger charge is 2.43. The number of carbonyl (C=O) groups excluding carboxylic acids is 1. The number of hydrogen-bond acceptors (Lipinski definition) is 5. The fourth-order valence-corrected chi connectivity index (χ4v) is 3.86. The highest BCUT2D eigenvalue weighted by molar-refractivity contribution is 5.99. The number of nitrogens with one attached hydrogen (secondary N) is 2. The molecular formula is C22H26N4O3. The van der Waals surface area contributed by atoms with E-state index in [-0.39, 0.29) is 11.8 Å². The van der Waals surface area contributed by atoms with Gasteiger partial charge in [0.15, 0.2) is 0 Å². The minimum atomic E-state index is 0.0434. The fraction of sp³-hybridized carbons (Fsp3) is 0.364. The van der Waals surface area contributed by atoms with Crippen LogP contribution >= 0.6 is 0 Å². The molecule has 7 nitrogen and oxygen atoms in total. The Hall–Kier alpha value is -3.06. The number of aromatic amines is 1. The summed E-state index contributed by atoms with van der Waals surface area (Å²) >= 11 is 0. The number of methoxy groups -OCH3 is 2. The van der Waals surface area contributed by atoms with Gasteiger partial charge in [0.1, 0.15) is 23.0 Å². The maximum atomic E-state index is 12.5. The Morgan fingerprint density at radius 3 is 2.59 bits per heavy atom. The summed E-state index contributed by atoms with van der Waals surface area (Å²) in [6.07, 6.45) is 2.82. The summed E-state index contributed by atoms with van der Waals surface area (Å²) in [5.74, 6) is 2.56. The van der Waals surface area contributed by atoms with Gasteiger partial charge in [-0.3, -0.25) is 4.79 Å². The molecule has 2 N–H and O–H groups in total. The van der Waals surface area contributed by atoms with Crippen molar-refractivity contribution < 1.29 is 14.3 Å². The molecule has 7 heteroatoms. The smallest absolute Gasteiger partial charge is 0.228 e. The van der Waals surface area contributed by atoms with Gasteiger partial charge in [-0.1, -0.05) is 6.07 Å². The van der Waals surface area contributed by atoms with E-state index in [0.29, 0.717) is 17.4 Å². The number of fused-ring (bicyclic) bond motifs is 1. The van der Waals surface area contributed by atoms with Crippen LogP contribution in [-0.4, -0.2) is 55.6 Å². The topological polar surface area (TPSA) is 79.5 Å². The summed E-state index contributed by atoms with van der Waals surface area (Å²) in [6, 6.07) is 9.49. The van der Waals surface area contributed by atoms with E-state index in [9.17, 15) is 4.79 Å². The number of benzene rings is 1. The van der Waals surface area contributed by atoms with E-state index in [1.54, 1.807) is 14.2 Å². The molecule has 1 fully saturated rings. The van der Waals surface area contributed by atoms with Gasteiger partial charge >= 0.3 is 0 Å². The standard InChI is InChI=1S/C22H26N4O3/c1-26(2)12-13-10-15(13)22(27)25-19-9-8-14-16(11-23-21(14)24-19)20-17(28-3)6-5-7-18(20)29-4/h5-9,11,13,15H,10,12H2,1-4H3,(H2,23,24,25,27)/t13-,15+/m1/s1. The lowest BCUT2D eigenvalue weighted by atomic mass is 10.0. The summed E-state index contributed by atoms with van der Waals surface area (Å²) < 4.78 is 11.1. The molecule has 2 atom stereocenters. The van der Waals surface area contributed by atoms with Gasteiger partial charge in [-0.2, -0.15) is 0 Å². The molecule has 4 rings (SSSR count). The minimum Gasteiger partial charge on any atom is -0.496 e. The van der Waals surface area contributed by atoms with Gasteiger partial charge in [-0.25, -0.2) is 4.98 Å². The Kier molecular flexibility index (Phi) is 5.15. The number of H-pyrrole nitrogens is 1. The van der Waals surface area contributed by atoms with Gasteiger partial charge in [0, 0.05) is 29.6 Å². The van der Waals surface area contributed by atoms with Crippen LogP contribution in [0.1, 0.15) is 6.42 Å². The number of amides is 1. The lowest BCUT2D eigenvalue weighted by molar-refractivity contribution is -0.117. The average molecular weight is 394 g/mol. The molecule has 0 aliphatic heterocycles. The number of hydrogen-bond donors (Lipinski definition) is 2. The third-order valence-electron chi connectivity index (χ3n) is 5.35. The van der Waals surface area contributed by atoms with E-state index < -0.39 is 0 Å². The average Bonchev–Trinajstić information content (AvgIpc) is 3.35. The Labute approximate surface area is 170 Å². The lowest BCUT2D eigenvalue weighted by Crippen LogP contribution is -2.20. The first-order valence-corrected chi connectivity index (χ1v) is 9.67. The SMILES string of the molecule is COc1cccc(OC)c1-c1c[nH]c2nc(NC(=O)[C@H]3C[C@@H]3CN(C)C)ccc12. The van der Waals surface area contributed by atoms with Crippen LogP contribution in [-0.2, 0) is 4.79 Å². The number of pyridine rings is 1. The first kappa shape index (κ1) is 19.3. The van der Waals surface area contributed by atoms with Crippen molar-refractivity contribution >= 4 is 22.8 Å². The highest BCUT2D eigenvalue weighted by Crippen LogP contribution is 2.42. The molecular weight excluding hydrogens is 368 g/mol. The van der Waals surface area contributed by atoms with Crippen LogP contribution < -0.4 is 14.8 Å². The van der Waals surface area contributed by atoms with Crippen molar-refractivity contribution in [3.8, 4) is 22.6 Å². The molecule has 0 unspecified atom stereocenters. The molecule has 1 aromatic carbocycles. The second kappa shape index (κ2) is 7.75. The molecule has 0 radical (unpaired) electrons. The molecule has 0 bridgehead atoms. The Bertz CT molecular complexity index is 1020. The van der Waals surface area contributed by atoms with Crippen molar-refractivity contribution in [3.63, 3.8) is 0 Å². The summed E-state index contributed by atoms with van der Waals surface area (Å²) in [5, 5.41) is 3.89. The van der Waals surface area contributed by atoms with Crippen LogP contribution in [0.2, 0.25) is 0 Å². The normalized spacial score (nSPS) is 18.1. The van der Waals surface area contributed by atoms with E-state index in [0.717, 1.165) is 41.0 Å². The van der Waals surface area contributed by atoms with Crippen LogP contribution in [0.4, 0.5) is 5.82 Å². The zero-order valence-corrected chi connectivity index (χ0v) is 17.2. The van der Waals surface area contributed by atoms with Gasteiger partial charge in [-0.05, 0) is 50.7 Å². The molecule has 152 valence electrons. The number of carbonyl (C=O) groups is 1. The molecule has 3 aromatic rings. The van der Waals surface area contributed by atoms with Gasteiger partial charge in [0.05, 0.1) is 19.8 Å². The zero-order chi connectivity index (χ0) is 20.5. The predicted molar refractivity (Wildman–Crippen MR) is 113 cm³/mol. The molecule has 29 heavy (non-hydrogen) atoms. The molecule has 1 amide bonds. The lowest BCUT2D eigenvalue weighted by Gasteiger charge is -2.12. The van der Waals surface area contributed by atoms with Gasteiger partial charge in [-0.15, -0.1) is 0 Å². The summed E-state index contributed by atoms with van der Waals surface area (Å²) in [7, 11) is 7.34. The van der Waals surface area contributed by atoms with Crippen molar-refractivity contribution in [2.75, 3.05) is 40.2 Å². The van der Waals surface area contributed by atoms with Gasteiger partial charge < -0.3 is 24.7 Å². The quantitative estimate of drug-likeness (QED) is 0.642. The Morgan fingerprint density at radius 2 is 1.93 bits per heavy atom. The van der Waals surface area contributed by atoms with Gasteiger partial charge in [0.2, 0.25) is 5.91 Å². The maximum absolute atomic E-state index is 12.5. The molecule has 1 aliphatic rings. The number of rotatable bonds is 7. The van der Waals surface area contributed by atoms with Crippen molar-refractivity contribution in [3.05, 3.63) is 36.5 Å². The van der Waals surface area contributed by atoms with E-state index in [1.807, 2.05) is 50.6 Å².